The van der Waals surface area contributed by atoms with Crippen LogP contribution < -0.4 is 0 Å². The van der Waals surface area contributed by atoms with Crippen LogP contribution in [-0.2, 0) is 0 Å². The largest absolute Gasteiger partial charge is 0.128 e. The minimum Gasteiger partial charge on any atom is -0.128 e. The first-order valence-corrected chi connectivity index (χ1v) is 10.6. The van der Waals surface area contributed by atoms with Gasteiger partial charge in [-0.05, 0) is 19.4 Å². The van der Waals surface area contributed by atoms with Crippen molar-refractivity contribution in [2.45, 2.75) is 36.7 Å². The number of halogens is 2. The third-order valence-corrected chi connectivity index (χ3v) is 11.6. The van der Waals surface area contributed by atoms with Crippen molar-refractivity contribution in [1.29, 1.82) is 0 Å². The van der Waals surface area contributed by atoms with Gasteiger partial charge in [-0.3, -0.25) is 0 Å². The van der Waals surface area contributed by atoms with Crippen molar-refractivity contribution in [3.8, 4) is 0 Å². The smallest absolute Gasteiger partial charge is 0.0301 e. The fourth-order valence-corrected chi connectivity index (χ4v) is 10.2. The molecular weight excluding hydrogens is 199 g/mol. The van der Waals surface area contributed by atoms with Gasteiger partial charge >= 0.3 is 0 Å². The Kier molecular flexibility index (Phi) is 7.39. The monoisotopic (exact) mass is 214 g/mol. The van der Waals surface area contributed by atoms with E-state index >= 15 is 0 Å². The van der Waals surface area contributed by atoms with E-state index < -0.39 is 0 Å². The molecule has 0 aliphatic carbocycles. The van der Waals surface area contributed by atoms with Crippen molar-refractivity contribution in [3.63, 3.8) is 0 Å². The van der Waals surface area contributed by atoms with E-state index in [0.717, 1.165) is 6.42 Å². The Morgan fingerprint density at radius 3 is 2.40 bits per heavy atom. The summed E-state index contributed by atoms with van der Waals surface area (Å²) in [6.07, 6.45) is 1.16. The fraction of sp³-hybridized carbons (Fsp3) is 1.00. The first-order chi connectivity index (χ1) is 4.66. The maximum Gasteiger partial charge on any atom is 0.0301 e. The molecule has 0 aromatic heterocycles. The Morgan fingerprint density at radius 2 is 2.00 bits per heavy atom. The van der Waals surface area contributed by atoms with Crippen molar-refractivity contribution < 1.29 is 0 Å². The summed E-state index contributed by atoms with van der Waals surface area (Å²) in [7, 11) is 0.293. The van der Waals surface area contributed by atoms with Gasteiger partial charge in [0.2, 0.25) is 0 Å². The molecule has 0 rings (SSSR count). The molecule has 0 aliphatic heterocycles. The van der Waals surface area contributed by atoms with Crippen molar-refractivity contribution in [3.05, 3.63) is 0 Å². The van der Waals surface area contributed by atoms with Crippen LogP contribution in [0.5, 0.6) is 0 Å². The molecular formula is C6H16Cl2Si2. The Bertz CT molecular complexity index is 78.1. The lowest BCUT2D eigenvalue weighted by Gasteiger charge is -2.04. The second-order valence-corrected chi connectivity index (χ2v) is 11.3. The molecule has 0 fully saturated rings. The summed E-state index contributed by atoms with van der Waals surface area (Å²) < 4.78 is 0. The zero-order chi connectivity index (χ0) is 7.98. The SMILES string of the molecule is CCC(Cl)[SiH2][SiH2]CC(C)Cl. The first-order valence-electron chi connectivity index (χ1n) is 3.95. The molecule has 0 aromatic rings. The Balaban J connectivity index is 3.03. The molecule has 0 N–H and O–H groups in total. The zero-order valence-corrected chi connectivity index (χ0v) is 11.1. The molecule has 0 amide bonds. The van der Waals surface area contributed by atoms with E-state index in [1.165, 1.54) is 6.04 Å². The molecule has 10 heavy (non-hydrogen) atoms. The summed E-state index contributed by atoms with van der Waals surface area (Å²) in [6, 6.07) is 1.29. The van der Waals surface area contributed by atoms with E-state index in [0.29, 0.717) is 10.4 Å². The maximum atomic E-state index is 6.00. The molecule has 4 heteroatoms. The van der Waals surface area contributed by atoms with Crippen LogP contribution in [0.1, 0.15) is 20.3 Å². The fourth-order valence-electron chi connectivity index (χ4n) is 0.825. The van der Waals surface area contributed by atoms with Gasteiger partial charge in [0, 0.05) is 28.5 Å². The molecule has 0 aromatic carbocycles. The Morgan fingerprint density at radius 1 is 1.40 bits per heavy atom. The number of hydrogen-bond donors (Lipinski definition) is 0. The van der Waals surface area contributed by atoms with Gasteiger partial charge in [-0.2, -0.15) is 0 Å². The topological polar surface area (TPSA) is 0 Å². The van der Waals surface area contributed by atoms with E-state index in [2.05, 4.69) is 13.8 Å². The predicted octanol–water partition coefficient (Wildman–Crippen LogP) is 1.26. The average molecular weight is 215 g/mol. The molecule has 0 spiro atoms. The molecule has 0 bridgehead atoms. The minimum atomic E-state index is 0.113. The Labute approximate surface area is 78.1 Å². The van der Waals surface area contributed by atoms with Crippen LogP contribution in [0.25, 0.3) is 0 Å². The average Bonchev–Trinajstić information content (AvgIpc) is 1.87. The lowest BCUT2D eigenvalue weighted by atomic mass is 10.6. The summed E-state index contributed by atoms with van der Waals surface area (Å²) in [5, 5.41) is 0.960. The molecule has 2 unspecified atom stereocenters. The summed E-state index contributed by atoms with van der Waals surface area (Å²) in [4.78, 5) is 0. The van der Waals surface area contributed by atoms with Crippen LogP contribution in [0.15, 0.2) is 0 Å². The minimum absolute atomic E-state index is 0.113. The third kappa shape index (κ3) is 7.12. The van der Waals surface area contributed by atoms with E-state index in [9.17, 15) is 0 Å². The molecule has 2 atom stereocenters. The summed E-state index contributed by atoms with van der Waals surface area (Å²) >= 11 is 11.8. The quantitative estimate of drug-likeness (QED) is 0.478. The molecule has 0 saturated heterocycles. The predicted molar refractivity (Wildman–Crippen MR) is 57.1 cm³/mol. The molecule has 0 saturated carbocycles. The highest BCUT2D eigenvalue weighted by atomic mass is 35.5. The maximum absolute atomic E-state index is 6.00. The van der Waals surface area contributed by atoms with Gasteiger partial charge < -0.3 is 0 Å². The van der Waals surface area contributed by atoms with Gasteiger partial charge in [0.15, 0.2) is 0 Å². The normalized spacial score (nSPS) is 19.2. The summed E-state index contributed by atoms with van der Waals surface area (Å²) in [5.74, 6) is 0. The molecule has 0 radical (unpaired) electrons. The second-order valence-electron chi connectivity index (χ2n) is 2.72. The van der Waals surface area contributed by atoms with Crippen LogP contribution in [0.4, 0.5) is 0 Å². The van der Waals surface area contributed by atoms with Crippen LogP contribution in [0.2, 0.25) is 6.04 Å². The molecule has 0 aliphatic rings. The zero-order valence-electron chi connectivity index (χ0n) is 6.74. The van der Waals surface area contributed by atoms with Gasteiger partial charge in [0.1, 0.15) is 0 Å². The van der Waals surface area contributed by atoms with Crippen molar-refractivity contribution in [2.75, 3.05) is 0 Å². The first kappa shape index (κ1) is 11.0. The molecule has 62 valence electrons. The Hall–Kier alpha value is 1.01. The van der Waals surface area contributed by atoms with E-state index in [4.69, 9.17) is 23.2 Å². The molecule has 0 nitrogen and oxygen atoms in total. The lowest BCUT2D eigenvalue weighted by molar-refractivity contribution is 1.03. The van der Waals surface area contributed by atoms with Crippen LogP contribution >= 0.6 is 23.2 Å². The van der Waals surface area contributed by atoms with Gasteiger partial charge in [-0.15, -0.1) is 23.2 Å². The van der Waals surface area contributed by atoms with Gasteiger partial charge in [-0.1, -0.05) is 6.92 Å². The number of hydrogen-bond acceptors (Lipinski definition) is 0. The lowest BCUT2D eigenvalue weighted by Crippen LogP contribution is -2.17. The van der Waals surface area contributed by atoms with Gasteiger partial charge in [-0.25, -0.2) is 0 Å². The standard InChI is InChI=1S/C6H16Cl2Si2/c1-3-6(8)10-9-4-5(2)7/h5-6H,3-4,9-10H2,1-2H3. The highest BCUT2D eigenvalue weighted by Gasteiger charge is 2.03. The molecule has 0 heterocycles. The van der Waals surface area contributed by atoms with Crippen LogP contribution in [-0.4, -0.2) is 28.5 Å². The van der Waals surface area contributed by atoms with E-state index in [-0.39, 0.29) is 18.1 Å². The summed E-state index contributed by atoms with van der Waals surface area (Å²) in [6.45, 7) is 4.25. The van der Waals surface area contributed by atoms with E-state index in [1.807, 2.05) is 0 Å². The van der Waals surface area contributed by atoms with Crippen molar-refractivity contribution in [1.82, 2.24) is 0 Å². The van der Waals surface area contributed by atoms with Gasteiger partial charge in [0.25, 0.3) is 0 Å². The van der Waals surface area contributed by atoms with Crippen LogP contribution in [0.3, 0.4) is 0 Å². The van der Waals surface area contributed by atoms with Crippen molar-refractivity contribution >= 4 is 41.3 Å². The van der Waals surface area contributed by atoms with Crippen LogP contribution in [0, 0.1) is 0 Å². The second kappa shape index (κ2) is 6.71. The number of alkyl halides is 2. The number of rotatable bonds is 5. The third-order valence-electron chi connectivity index (χ3n) is 1.56. The highest BCUT2D eigenvalue weighted by molar-refractivity contribution is 7.04. The van der Waals surface area contributed by atoms with Gasteiger partial charge in [0.05, 0.1) is 0 Å². The summed E-state index contributed by atoms with van der Waals surface area (Å²) in [5.41, 5.74) is 0. The highest BCUT2D eigenvalue weighted by Crippen LogP contribution is 2.02. The van der Waals surface area contributed by atoms with Crippen molar-refractivity contribution in [2.24, 2.45) is 0 Å². The van der Waals surface area contributed by atoms with E-state index in [1.54, 1.807) is 0 Å².